The monoisotopic (exact) mass is 380 g/mol. The van der Waals surface area contributed by atoms with Gasteiger partial charge in [-0.25, -0.2) is 4.98 Å². The van der Waals surface area contributed by atoms with Gasteiger partial charge < -0.3 is 19.7 Å². The van der Waals surface area contributed by atoms with E-state index >= 15 is 0 Å². The Kier molecular flexibility index (Phi) is 5.09. The molecule has 0 aliphatic carbocycles. The van der Waals surface area contributed by atoms with Gasteiger partial charge in [0.05, 0.1) is 19.1 Å². The van der Waals surface area contributed by atoms with Gasteiger partial charge in [-0.15, -0.1) is 0 Å². The molecule has 28 heavy (non-hydrogen) atoms. The quantitative estimate of drug-likeness (QED) is 0.632. The Bertz CT molecular complexity index is 1240. The van der Waals surface area contributed by atoms with E-state index in [0.717, 1.165) is 16.8 Å². The fourth-order valence-corrected chi connectivity index (χ4v) is 2.99. The van der Waals surface area contributed by atoms with Crippen molar-refractivity contribution in [2.75, 3.05) is 7.11 Å². The smallest absolute Gasteiger partial charge is 0.272 e. The Balaban J connectivity index is 2.13. The minimum Gasteiger partial charge on any atom is -0.497 e. The lowest BCUT2D eigenvalue weighted by molar-refractivity contribution is 0.414. The van der Waals surface area contributed by atoms with Crippen molar-refractivity contribution in [1.29, 1.82) is 0 Å². The highest BCUT2D eigenvalue weighted by Gasteiger charge is 2.19. The van der Waals surface area contributed by atoms with E-state index in [1.54, 1.807) is 31.7 Å². The summed E-state index contributed by atoms with van der Waals surface area (Å²) >= 11 is 0. The molecule has 146 valence electrons. The van der Waals surface area contributed by atoms with Gasteiger partial charge in [0.25, 0.3) is 11.1 Å². The molecule has 0 amide bonds. The average molecular weight is 380 g/mol. The molecule has 0 saturated heterocycles. The van der Waals surface area contributed by atoms with E-state index in [2.05, 4.69) is 19.9 Å². The van der Waals surface area contributed by atoms with E-state index in [1.165, 1.54) is 0 Å². The molecule has 0 aliphatic rings. The lowest BCUT2D eigenvalue weighted by Crippen LogP contribution is -2.46. The second kappa shape index (κ2) is 7.34. The fraction of sp³-hybridized carbons (Fsp3) is 0.286. The third kappa shape index (κ3) is 4.14. The van der Waals surface area contributed by atoms with Crippen LogP contribution >= 0.6 is 0 Å². The molecule has 3 aromatic rings. The molecular weight excluding hydrogens is 356 g/mol. The summed E-state index contributed by atoms with van der Waals surface area (Å²) in [6.07, 6.45) is 4.78. The van der Waals surface area contributed by atoms with Gasteiger partial charge in [0.2, 0.25) is 0 Å². The standard InChI is InChI=1S/C21H24N4O3/c1-12-6-13(8-14(7-12)28-5)9-16-19(26)25-17(20(27)24-16)10-15-18(21(2,3)4)23-11-22-15/h6-11H,1-5H3,(H,22,23)(H,24,27)(H,25,26)/b16-9-,17-10-. The number of ether oxygens (including phenoxy) is 1. The number of aromatic amines is 3. The molecule has 3 rings (SSSR count). The summed E-state index contributed by atoms with van der Waals surface area (Å²) in [4.78, 5) is 37.7. The minimum absolute atomic E-state index is 0.154. The van der Waals surface area contributed by atoms with Crippen molar-refractivity contribution in [3.63, 3.8) is 0 Å². The molecular formula is C21H24N4O3. The molecule has 0 spiro atoms. The number of aryl methyl sites for hydroxylation is 1. The van der Waals surface area contributed by atoms with Crippen molar-refractivity contribution in [3.8, 4) is 5.75 Å². The van der Waals surface area contributed by atoms with Crippen molar-refractivity contribution in [1.82, 2.24) is 19.9 Å². The molecule has 3 N–H and O–H groups in total. The third-order valence-electron chi connectivity index (χ3n) is 4.31. The van der Waals surface area contributed by atoms with E-state index in [0.29, 0.717) is 11.4 Å². The molecule has 0 radical (unpaired) electrons. The van der Waals surface area contributed by atoms with Crippen LogP contribution in [0.3, 0.4) is 0 Å². The SMILES string of the molecule is COc1cc(C)cc(/C=c2\[nH]c(=O)/c(=C/c3nc[nH]c3C(C)(C)C)[nH]c2=O)c1. The molecule has 0 fully saturated rings. The Morgan fingerprint density at radius 2 is 1.64 bits per heavy atom. The maximum absolute atomic E-state index is 12.5. The molecule has 0 saturated carbocycles. The van der Waals surface area contributed by atoms with Crippen LogP contribution in [-0.2, 0) is 5.41 Å². The zero-order chi connectivity index (χ0) is 20.5. The van der Waals surface area contributed by atoms with Gasteiger partial charge in [0, 0.05) is 11.1 Å². The van der Waals surface area contributed by atoms with E-state index in [-0.39, 0.29) is 21.7 Å². The second-order valence-electron chi connectivity index (χ2n) is 7.72. The van der Waals surface area contributed by atoms with E-state index in [1.807, 2.05) is 39.8 Å². The third-order valence-corrected chi connectivity index (χ3v) is 4.31. The highest BCUT2D eigenvalue weighted by molar-refractivity contribution is 5.53. The lowest BCUT2D eigenvalue weighted by Gasteiger charge is -2.16. The molecule has 0 unspecified atom stereocenters. The van der Waals surface area contributed by atoms with Gasteiger partial charge in [-0.05, 0) is 42.3 Å². The Morgan fingerprint density at radius 3 is 2.25 bits per heavy atom. The number of nitrogens with zero attached hydrogens (tertiary/aromatic N) is 1. The summed E-state index contributed by atoms with van der Waals surface area (Å²) in [6.45, 7) is 8.05. The molecule has 0 aliphatic heterocycles. The first-order chi connectivity index (χ1) is 13.2. The normalized spacial score (nSPS) is 13.2. The van der Waals surface area contributed by atoms with Crippen LogP contribution < -0.4 is 26.6 Å². The second-order valence-corrected chi connectivity index (χ2v) is 7.72. The number of methoxy groups -OCH3 is 1. The number of H-pyrrole nitrogens is 3. The lowest BCUT2D eigenvalue weighted by atomic mass is 9.90. The largest absolute Gasteiger partial charge is 0.497 e. The molecule has 7 nitrogen and oxygen atoms in total. The van der Waals surface area contributed by atoms with Gasteiger partial charge in [-0.3, -0.25) is 9.59 Å². The predicted octanol–water partition coefficient (Wildman–Crippen LogP) is 1.06. The van der Waals surface area contributed by atoms with Crippen molar-refractivity contribution in [3.05, 3.63) is 78.4 Å². The number of aromatic nitrogens is 4. The van der Waals surface area contributed by atoms with Crippen LogP contribution in [0.15, 0.2) is 34.1 Å². The molecule has 7 heteroatoms. The van der Waals surface area contributed by atoms with Gasteiger partial charge in [-0.1, -0.05) is 26.8 Å². The molecule has 2 aromatic heterocycles. The van der Waals surface area contributed by atoms with Crippen LogP contribution in [0.5, 0.6) is 5.75 Å². The van der Waals surface area contributed by atoms with Crippen LogP contribution in [0.25, 0.3) is 12.2 Å². The topological polar surface area (TPSA) is 104 Å². The van der Waals surface area contributed by atoms with Crippen LogP contribution in [0.2, 0.25) is 0 Å². The zero-order valence-electron chi connectivity index (χ0n) is 16.6. The Morgan fingerprint density at radius 1 is 1.00 bits per heavy atom. The van der Waals surface area contributed by atoms with Crippen molar-refractivity contribution >= 4 is 12.2 Å². The van der Waals surface area contributed by atoms with E-state index in [4.69, 9.17) is 4.74 Å². The summed E-state index contributed by atoms with van der Waals surface area (Å²) in [5, 5.41) is 0.328. The summed E-state index contributed by atoms with van der Waals surface area (Å²) in [7, 11) is 1.58. The summed E-state index contributed by atoms with van der Waals surface area (Å²) in [5.74, 6) is 0.684. The Labute approximate surface area is 161 Å². The van der Waals surface area contributed by atoms with Crippen molar-refractivity contribution < 1.29 is 4.74 Å². The van der Waals surface area contributed by atoms with Crippen molar-refractivity contribution in [2.24, 2.45) is 0 Å². The first-order valence-corrected chi connectivity index (χ1v) is 8.93. The van der Waals surface area contributed by atoms with Gasteiger partial charge >= 0.3 is 0 Å². The van der Waals surface area contributed by atoms with Crippen LogP contribution in [0.4, 0.5) is 0 Å². The number of hydrogen-bond acceptors (Lipinski definition) is 4. The maximum Gasteiger partial charge on any atom is 0.272 e. The first kappa shape index (κ1) is 19.4. The number of nitrogens with one attached hydrogen (secondary N) is 3. The Hall–Kier alpha value is -3.35. The number of hydrogen-bond donors (Lipinski definition) is 3. The number of rotatable bonds is 3. The van der Waals surface area contributed by atoms with Crippen LogP contribution in [0.1, 0.15) is 43.3 Å². The van der Waals surface area contributed by atoms with Gasteiger partial charge in [0.1, 0.15) is 16.4 Å². The zero-order valence-corrected chi connectivity index (χ0v) is 16.6. The van der Waals surface area contributed by atoms with Crippen molar-refractivity contribution in [2.45, 2.75) is 33.1 Å². The molecule has 0 bridgehead atoms. The van der Waals surface area contributed by atoms with Crippen LogP contribution in [-0.4, -0.2) is 27.0 Å². The fourth-order valence-electron chi connectivity index (χ4n) is 2.99. The van der Waals surface area contributed by atoms with E-state index < -0.39 is 5.56 Å². The maximum atomic E-state index is 12.5. The molecule has 0 atom stereocenters. The first-order valence-electron chi connectivity index (χ1n) is 8.93. The molecule has 2 heterocycles. The van der Waals surface area contributed by atoms with Gasteiger partial charge in [-0.2, -0.15) is 0 Å². The predicted molar refractivity (Wildman–Crippen MR) is 109 cm³/mol. The van der Waals surface area contributed by atoms with E-state index in [9.17, 15) is 9.59 Å². The molecule has 1 aromatic carbocycles. The highest BCUT2D eigenvalue weighted by atomic mass is 16.5. The van der Waals surface area contributed by atoms with Gasteiger partial charge in [0.15, 0.2) is 0 Å². The average Bonchev–Trinajstić information content (AvgIpc) is 3.07. The summed E-state index contributed by atoms with van der Waals surface area (Å²) in [5.41, 5.74) is 2.30. The number of benzene rings is 1. The summed E-state index contributed by atoms with van der Waals surface area (Å²) in [6, 6.07) is 5.59. The van der Waals surface area contributed by atoms with Crippen LogP contribution in [0, 0.1) is 6.92 Å². The summed E-state index contributed by atoms with van der Waals surface area (Å²) < 4.78 is 5.25. The highest BCUT2D eigenvalue weighted by Crippen LogP contribution is 2.22. The minimum atomic E-state index is -0.395. The number of imidazole rings is 1.